The van der Waals surface area contributed by atoms with Crippen LogP contribution in [0.15, 0.2) is 48.5 Å². The number of hydrogen-bond acceptors (Lipinski definition) is 2. The standard InChI is InChI=1S/C17H18N2O/c1-13-7-9-14(10-8-13)17-18-15-5-2-3-6-16(15)19(17)11-4-12-20/h2-3,5-10,20H,4,11-12H2,1H3. The van der Waals surface area contributed by atoms with Crippen LogP contribution in [0, 0.1) is 6.92 Å². The van der Waals surface area contributed by atoms with Gasteiger partial charge in [-0.2, -0.15) is 0 Å². The Morgan fingerprint density at radius 3 is 2.55 bits per heavy atom. The summed E-state index contributed by atoms with van der Waals surface area (Å²) in [5.41, 5.74) is 4.48. The van der Waals surface area contributed by atoms with E-state index in [1.165, 1.54) is 5.56 Å². The zero-order valence-corrected chi connectivity index (χ0v) is 11.6. The Kier molecular flexibility index (Phi) is 3.52. The number of benzene rings is 2. The molecule has 102 valence electrons. The number of fused-ring (bicyclic) bond motifs is 1. The van der Waals surface area contributed by atoms with Crippen LogP contribution in [0.25, 0.3) is 22.4 Å². The zero-order chi connectivity index (χ0) is 13.9. The van der Waals surface area contributed by atoms with E-state index in [2.05, 4.69) is 41.8 Å². The van der Waals surface area contributed by atoms with Gasteiger partial charge >= 0.3 is 0 Å². The molecule has 0 spiro atoms. The lowest BCUT2D eigenvalue weighted by Crippen LogP contribution is -2.02. The van der Waals surface area contributed by atoms with E-state index in [9.17, 15) is 0 Å². The van der Waals surface area contributed by atoms with Crippen molar-refractivity contribution in [1.29, 1.82) is 0 Å². The first-order valence-electron chi connectivity index (χ1n) is 6.93. The van der Waals surface area contributed by atoms with Crippen LogP contribution in [-0.2, 0) is 6.54 Å². The highest BCUT2D eigenvalue weighted by Gasteiger charge is 2.11. The molecule has 3 aromatic rings. The number of nitrogens with zero attached hydrogens (tertiary/aromatic N) is 2. The SMILES string of the molecule is Cc1ccc(-c2nc3ccccc3n2CCCO)cc1. The lowest BCUT2D eigenvalue weighted by atomic mass is 10.1. The average molecular weight is 266 g/mol. The van der Waals surface area contributed by atoms with E-state index in [4.69, 9.17) is 10.1 Å². The molecular formula is C17H18N2O. The summed E-state index contributed by atoms with van der Waals surface area (Å²) in [5.74, 6) is 0.972. The molecule has 3 nitrogen and oxygen atoms in total. The normalized spacial score (nSPS) is 11.1. The highest BCUT2D eigenvalue weighted by molar-refractivity contribution is 5.80. The fraction of sp³-hybridized carbons (Fsp3) is 0.235. The van der Waals surface area contributed by atoms with Crippen molar-refractivity contribution in [2.75, 3.05) is 6.61 Å². The topological polar surface area (TPSA) is 38.0 Å². The van der Waals surface area contributed by atoms with Gasteiger partial charge < -0.3 is 9.67 Å². The van der Waals surface area contributed by atoms with Gasteiger partial charge in [0.15, 0.2) is 0 Å². The van der Waals surface area contributed by atoms with E-state index in [1.807, 2.05) is 18.2 Å². The van der Waals surface area contributed by atoms with Crippen LogP contribution in [0.3, 0.4) is 0 Å². The van der Waals surface area contributed by atoms with E-state index in [1.54, 1.807) is 0 Å². The maximum atomic E-state index is 9.10. The second-order valence-corrected chi connectivity index (χ2v) is 5.02. The van der Waals surface area contributed by atoms with Gasteiger partial charge in [-0.1, -0.05) is 42.0 Å². The molecule has 0 amide bonds. The van der Waals surface area contributed by atoms with Gasteiger partial charge in [-0.3, -0.25) is 0 Å². The van der Waals surface area contributed by atoms with Crippen molar-refractivity contribution in [1.82, 2.24) is 9.55 Å². The van der Waals surface area contributed by atoms with Crippen LogP contribution in [0.5, 0.6) is 0 Å². The van der Waals surface area contributed by atoms with Crippen molar-refractivity contribution in [2.45, 2.75) is 19.9 Å². The van der Waals surface area contributed by atoms with Crippen LogP contribution < -0.4 is 0 Å². The first-order valence-corrected chi connectivity index (χ1v) is 6.93. The molecule has 0 bridgehead atoms. The monoisotopic (exact) mass is 266 g/mol. The Morgan fingerprint density at radius 1 is 1.05 bits per heavy atom. The first kappa shape index (κ1) is 12.9. The number of para-hydroxylation sites is 2. The van der Waals surface area contributed by atoms with Crippen molar-refractivity contribution in [3.63, 3.8) is 0 Å². The summed E-state index contributed by atoms with van der Waals surface area (Å²) in [7, 11) is 0. The Hall–Kier alpha value is -2.13. The lowest BCUT2D eigenvalue weighted by Gasteiger charge is -2.08. The summed E-state index contributed by atoms with van der Waals surface area (Å²) in [6, 6.07) is 16.6. The third-order valence-electron chi connectivity index (χ3n) is 3.50. The van der Waals surface area contributed by atoms with Gasteiger partial charge in [0.25, 0.3) is 0 Å². The van der Waals surface area contributed by atoms with E-state index < -0.39 is 0 Å². The third kappa shape index (κ3) is 2.32. The van der Waals surface area contributed by atoms with Gasteiger partial charge in [0, 0.05) is 18.7 Å². The summed E-state index contributed by atoms with van der Waals surface area (Å²) in [5, 5.41) is 9.10. The molecule has 2 aromatic carbocycles. The smallest absolute Gasteiger partial charge is 0.141 e. The van der Waals surface area contributed by atoms with Gasteiger partial charge in [0.05, 0.1) is 11.0 Å². The molecule has 0 aliphatic rings. The molecule has 0 atom stereocenters. The molecule has 0 saturated carbocycles. The van der Waals surface area contributed by atoms with Crippen molar-refractivity contribution >= 4 is 11.0 Å². The highest BCUT2D eigenvalue weighted by atomic mass is 16.3. The molecule has 0 saturated heterocycles. The van der Waals surface area contributed by atoms with Crippen molar-refractivity contribution in [2.24, 2.45) is 0 Å². The van der Waals surface area contributed by atoms with Gasteiger partial charge in [0.1, 0.15) is 5.82 Å². The van der Waals surface area contributed by atoms with E-state index in [0.717, 1.165) is 35.4 Å². The van der Waals surface area contributed by atoms with Crippen molar-refractivity contribution < 1.29 is 5.11 Å². The minimum atomic E-state index is 0.194. The molecule has 20 heavy (non-hydrogen) atoms. The zero-order valence-electron chi connectivity index (χ0n) is 11.6. The van der Waals surface area contributed by atoms with Gasteiger partial charge in [-0.05, 0) is 25.5 Å². The van der Waals surface area contributed by atoms with Gasteiger partial charge in [-0.25, -0.2) is 4.98 Å². The number of hydrogen-bond donors (Lipinski definition) is 1. The van der Waals surface area contributed by atoms with Crippen molar-refractivity contribution in [3.05, 3.63) is 54.1 Å². The molecule has 1 aromatic heterocycles. The summed E-state index contributed by atoms with van der Waals surface area (Å²) in [6.45, 7) is 3.05. The summed E-state index contributed by atoms with van der Waals surface area (Å²) >= 11 is 0. The van der Waals surface area contributed by atoms with Crippen LogP contribution in [-0.4, -0.2) is 21.3 Å². The summed E-state index contributed by atoms with van der Waals surface area (Å²) < 4.78 is 2.19. The first-order chi connectivity index (χ1) is 9.79. The molecular weight excluding hydrogens is 248 g/mol. The Balaban J connectivity index is 2.15. The maximum absolute atomic E-state index is 9.10. The molecule has 1 N–H and O–H groups in total. The average Bonchev–Trinajstić information content (AvgIpc) is 2.84. The largest absolute Gasteiger partial charge is 0.396 e. The molecule has 1 heterocycles. The van der Waals surface area contributed by atoms with Gasteiger partial charge in [-0.15, -0.1) is 0 Å². The fourth-order valence-electron chi connectivity index (χ4n) is 2.45. The minimum Gasteiger partial charge on any atom is -0.396 e. The molecule has 3 rings (SSSR count). The highest BCUT2D eigenvalue weighted by Crippen LogP contribution is 2.25. The van der Waals surface area contributed by atoms with Crippen LogP contribution in [0.1, 0.15) is 12.0 Å². The Labute approximate surface area is 118 Å². The number of aliphatic hydroxyl groups is 1. The number of imidazole rings is 1. The predicted octanol–water partition coefficient (Wildman–Crippen LogP) is 3.39. The maximum Gasteiger partial charge on any atom is 0.141 e. The van der Waals surface area contributed by atoms with E-state index >= 15 is 0 Å². The van der Waals surface area contributed by atoms with Crippen molar-refractivity contribution in [3.8, 4) is 11.4 Å². The fourth-order valence-corrected chi connectivity index (χ4v) is 2.45. The summed E-state index contributed by atoms with van der Waals surface area (Å²) in [6.07, 6.45) is 0.735. The summed E-state index contributed by atoms with van der Waals surface area (Å²) in [4.78, 5) is 4.75. The lowest BCUT2D eigenvalue weighted by molar-refractivity contribution is 0.281. The number of aromatic nitrogens is 2. The minimum absolute atomic E-state index is 0.194. The van der Waals surface area contributed by atoms with E-state index in [0.29, 0.717) is 0 Å². The number of rotatable bonds is 4. The Bertz CT molecular complexity index is 713. The third-order valence-corrected chi connectivity index (χ3v) is 3.50. The molecule has 0 aliphatic carbocycles. The number of aliphatic hydroxyl groups excluding tert-OH is 1. The van der Waals surface area contributed by atoms with E-state index in [-0.39, 0.29) is 6.61 Å². The molecule has 0 aliphatic heterocycles. The predicted molar refractivity (Wildman–Crippen MR) is 81.6 cm³/mol. The molecule has 3 heteroatoms. The quantitative estimate of drug-likeness (QED) is 0.786. The Morgan fingerprint density at radius 2 is 1.80 bits per heavy atom. The second kappa shape index (κ2) is 5.47. The van der Waals surface area contributed by atoms with Crippen LogP contribution >= 0.6 is 0 Å². The molecule has 0 radical (unpaired) electrons. The molecule has 0 unspecified atom stereocenters. The second-order valence-electron chi connectivity index (χ2n) is 5.02. The molecule has 0 fully saturated rings. The van der Waals surface area contributed by atoms with Crippen LogP contribution in [0.4, 0.5) is 0 Å². The number of aryl methyl sites for hydroxylation is 2. The van der Waals surface area contributed by atoms with Gasteiger partial charge in [0.2, 0.25) is 0 Å². The van der Waals surface area contributed by atoms with Crippen LogP contribution in [0.2, 0.25) is 0 Å².